The van der Waals surface area contributed by atoms with Gasteiger partial charge >= 0.3 is 0 Å². The van der Waals surface area contributed by atoms with Crippen molar-refractivity contribution in [2.45, 2.75) is 37.5 Å². The molecule has 4 rings (SSSR count). The number of amides is 1. The number of carbonyl (C=O) groups is 1. The standard InChI is InChI=1S/C18H17FN2O/c19-14-6-4-5-12(9-14)13-10-15-16(20-11-13)21-17(22)18(15)7-2-1-3-8-18/h4-6,9-11H,1-3,7-8H2,(H,20,21,22). The van der Waals surface area contributed by atoms with Crippen molar-refractivity contribution < 1.29 is 9.18 Å². The summed E-state index contributed by atoms with van der Waals surface area (Å²) in [5.41, 5.74) is 2.21. The molecule has 1 aromatic heterocycles. The van der Waals surface area contributed by atoms with E-state index in [1.165, 1.54) is 18.6 Å². The van der Waals surface area contributed by atoms with Gasteiger partial charge in [0.2, 0.25) is 5.91 Å². The number of hydrogen-bond donors (Lipinski definition) is 1. The van der Waals surface area contributed by atoms with E-state index in [0.717, 1.165) is 42.4 Å². The summed E-state index contributed by atoms with van der Waals surface area (Å²) in [4.78, 5) is 16.9. The minimum absolute atomic E-state index is 0.0751. The van der Waals surface area contributed by atoms with Crippen LogP contribution in [0, 0.1) is 5.82 Å². The summed E-state index contributed by atoms with van der Waals surface area (Å²) in [7, 11) is 0. The number of fused-ring (bicyclic) bond motifs is 2. The maximum Gasteiger partial charge on any atom is 0.236 e. The van der Waals surface area contributed by atoms with Crippen LogP contribution in [0.1, 0.15) is 37.7 Å². The summed E-state index contributed by atoms with van der Waals surface area (Å²) < 4.78 is 13.5. The molecule has 2 heterocycles. The Labute approximate surface area is 128 Å². The number of rotatable bonds is 1. The Hall–Kier alpha value is -2.23. The highest BCUT2D eigenvalue weighted by Gasteiger charge is 2.47. The third-order valence-corrected chi connectivity index (χ3v) is 4.93. The van der Waals surface area contributed by atoms with Gasteiger partial charge in [-0.15, -0.1) is 0 Å². The molecule has 1 fully saturated rings. The Kier molecular flexibility index (Phi) is 2.99. The summed E-state index contributed by atoms with van der Waals surface area (Å²) in [6.07, 6.45) is 6.77. The summed E-state index contributed by atoms with van der Waals surface area (Å²) >= 11 is 0. The molecule has 0 unspecified atom stereocenters. The average molecular weight is 296 g/mol. The van der Waals surface area contributed by atoms with Gasteiger partial charge in [0.1, 0.15) is 11.6 Å². The molecule has 1 aromatic carbocycles. The van der Waals surface area contributed by atoms with E-state index in [1.54, 1.807) is 12.3 Å². The Bertz CT molecular complexity index is 751. The Morgan fingerprint density at radius 3 is 2.68 bits per heavy atom. The zero-order chi connectivity index (χ0) is 15.2. The second kappa shape index (κ2) is 4.90. The zero-order valence-electron chi connectivity index (χ0n) is 12.2. The molecule has 1 aliphatic heterocycles. The lowest BCUT2D eigenvalue weighted by molar-refractivity contribution is -0.121. The molecule has 0 atom stereocenters. The highest BCUT2D eigenvalue weighted by atomic mass is 19.1. The van der Waals surface area contributed by atoms with Gasteiger partial charge in [-0.05, 0) is 36.6 Å². The molecule has 3 nitrogen and oxygen atoms in total. The van der Waals surface area contributed by atoms with Crippen LogP contribution in [0.15, 0.2) is 36.5 Å². The van der Waals surface area contributed by atoms with Crippen molar-refractivity contribution in [2.75, 3.05) is 5.32 Å². The van der Waals surface area contributed by atoms with Gasteiger partial charge < -0.3 is 5.32 Å². The number of pyridine rings is 1. The topological polar surface area (TPSA) is 42.0 Å². The normalized spacial score (nSPS) is 19.0. The number of halogens is 1. The maximum atomic E-state index is 13.5. The van der Waals surface area contributed by atoms with E-state index in [0.29, 0.717) is 5.82 Å². The first-order valence-corrected chi connectivity index (χ1v) is 7.77. The molecule has 1 spiro atoms. The van der Waals surface area contributed by atoms with Crippen LogP contribution in [0.5, 0.6) is 0 Å². The third kappa shape index (κ3) is 1.94. The molecule has 1 amide bonds. The first-order valence-electron chi connectivity index (χ1n) is 7.77. The number of nitrogens with zero attached hydrogens (tertiary/aromatic N) is 1. The lowest BCUT2D eigenvalue weighted by Crippen LogP contribution is -2.36. The van der Waals surface area contributed by atoms with Gasteiger partial charge in [0.15, 0.2) is 0 Å². The van der Waals surface area contributed by atoms with E-state index in [1.807, 2.05) is 12.1 Å². The van der Waals surface area contributed by atoms with Gasteiger partial charge in [0.25, 0.3) is 0 Å². The quantitative estimate of drug-likeness (QED) is 0.863. The smallest absolute Gasteiger partial charge is 0.236 e. The van der Waals surface area contributed by atoms with Crippen molar-refractivity contribution in [1.82, 2.24) is 4.98 Å². The van der Waals surface area contributed by atoms with Crippen LogP contribution in [-0.2, 0) is 10.2 Å². The highest BCUT2D eigenvalue weighted by molar-refractivity contribution is 6.05. The fraction of sp³-hybridized carbons (Fsp3) is 0.333. The van der Waals surface area contributed by atoms with Crippen LogP contribution < -0.4 is 5.32 Å². The fourth-order valence-corrected chi connectivity index (χ4v) is 3.76. The van der Waals surface area contributed by atoms with Crippen LogP contribution in [-0.4, -0.2) is 10.9 Å². The lowest BCUT2D eigenvalue weighted by atomic mass is 9.70. The highest BCUT2D eigenvalue weighted by Crippen LogP contribution is 2.47. The van der Waals surface area contributed by atoms with Crippen molar-refractivity contribution in [3.05, 3.63) is 47.9 Å². The lowest BCUT2D eigenvalue weighted by Gasteiger charge is -2.31. The van der Waals surface area contributed by atoms with E-state index in [9.17, 15) is 9.18 Å². The van der Waals surface area contributed by atoms with Crippen LogP contribution in [0.25, 0.3) is 11.1 Å². The molecule has 1 saturated carbocycles. The summed E-state index contributed by atoms with van der Waals surface area (Å²) in [6.45, 7) is 0. The third-order valence-electron chi connectivity index (χ3n) is 4.93. The minimum Gasteiger partial charge on any atom is -0.310 e. The number of hydrogen-bond acceptors (Lipinski definition) is 2. The predicted octanol–water partition coefficient (Wildman–Crippen LogP) is 4.04. The monoisotopic (exact) mass is 296 g/mol. The summed E-state index contributed by atoms with van der Waals surface area (Å²) in [5.74, 6) is 0.484. The molecule has 2 aromatic rings. The van der Waals surface area contributed by atoms with Gasteiger partial charge in [-0.1, -0.05) is 31.4 Å². The van der Waals surface area contributed by atoms with Crippen molar-refractivity contribution in [2.24, 2.45) is 0 Å². The minimum atomic E-state index is -0.427. The Morgan fingerprint density at radius 1 is 1.09 bits per heavy atom. The Morgan fingerprint density at radius 2 is 1.91 bits per heavy atom. The fourth-order valence-electron chi connectivity index (χ4n) is 3.76. The SMILES string of the molecule is O=C1Nc2ncc(-c3cccc(F)c3)cc2C12CCCCC2. The van der Waals surface area contributed by atoms with Gasteiger partial charge in [-0.25, -0.2) is 9.37 Å². The molecule has 1 aliphatic carbocycles. The molecular formula is C18H17FN2O. The van der Waals surface area contributed by atoms with Gasteiger partial charge in [-0.3, -0.25) is 4.79 Å². The predicted molar refractivity (Wildman–Crippen MR) is 83.0 cm³/mol. The first kappa shape index (κ1) is 13.4. The van der Waals surface area contributed by atoms with Crippen LogP contribution in [0.2, 0.25) is 0 Å². The molecule has 2 aliphatic rings. The maximum absolute atomic E-state index is 13.5. The van der Waals surface area contributed by atoms with Gasteiger partial charge in [0, 0.05) is 17.3 Å². The molecule has 0 saturated heterocycles. The largest absolute Gasteiger partial charge is 0.310 e. The number of carbonyl (C=O) groups excluding carboxylic acids is 1. The molecule has 4 heteroatoms. The molecule has 1 N–H and O–H groups in total. The van der Waals surface area contributed by atoms with Crippen molar-refractivity contribution in [1.29, 1.82) is 0 Å². The van der Waals surface area contributed by atoms with Gasteiger partial charge in [-0.2, -0.15) is 0 Å². The van der Waals surface area contributed by atoms with E-state index in [-0.39, 0.29) is 11.7 Å². The van der Waals surface area contributed by atoms with Crippen molar-refractivity contribution >= 4 is 11.7 Å². The van der Waals surface area contributed by atoms with Crippen LogP contribution >= 0.6 is 0 Å². The van der Waals surface area contributed by atoms with Crippen molar-refractivity contribution in [3.8, 4) is 11.1 Å². The molecule has 0 radical (unpaired) electrons. The van der Waals surface area contributed by atoms with E-state index >= 15 is 0 Å². The molecule has 0 bridgehead atoms. The number of aromatic nitrogens is 1. The number of benzene rings is 1. The van der Waals surface area contributed by atoms with E-state index in [2.05, 4.69) is 10.3 Å². The molecular weight excluding hydrogens is 279 g/mol. The van der Waals surface area contributed by atoms with E-state index < -0.39 is 5.41 Å². The Balaban J connectivity index is 1.83. The van der Waals surface area contributed by atoms with Gasteiger partial charge in [0.05, 0.1) is 5.41 Å². The molecule has 22 heavy (non-hydrogen) atoms. The summed E-state index contributed by atoms with van der Waals surface area (Å²) in [6, 6.07) is 8.50. The van der Waals surface area contributed by atoms with Crippen LogP contribution in [0.3, 0.4) is 0 Å². The second-order valence-electron chi connectivity index (χ2n) is 6.23. The average Bonchev–Trinajstić information content (AvgIpc) is 2.80. The second-order valence-corrected chi connectivity index (χ2v) is 6.23. The number of nitrogens with one attached hydrogen (secondary N) is 1. The first-order chi connectivity index (χ1) is 10.7. The van der Waals surface area contributed by atoms with Crippen LogP contribution in [0.4, 0.5) is 10.2 Å². The summed E-state index contributed by atoms with van der Waals surface area (Å²) in [5, 5.41) is 2.92. The number of anilines is 1. The van der Waals surface area contributed by atoms with Crippen molar-refractivity contribution in [3.63, 3.8) is 0 Å². The molecule has 112 valence electrons. The van der Waals surface area contributed by atoms with E-state index in [4.69, 9.17) is 0 Å². The zero-order valence-corrected chi connectivity index (χ0v) is 12.2.